The number of hydrogen-bond acceptors (Lipinski definition) is 4. The fourth-order valence-corrected chi connectivity index (χ4v) is 3.81. The van der Waals surface area contributed by atoms with Crippen LogP contribution in [-0.4, -0.2) is 54.3 Å². The first-order valence-electron chi connectivity index (χ1n) is 7.74. The molecule has 0 spiro atoms. The number of aliphatic hydroxyl groups excluding tert-OH is 1. The molecule has 22 heavy (non-hydrogen) atoms. The first kappa shape index (κ1) is 15.8. The van der Waals surface area contributed by atoms with Gasteiger partial charge in [0.05, 0.1) is 18.3 Å². The van der Waals surface area contributed by atoms with Crippen LogP contribution in [0.25, 0.3) is 0 Å². The van der Waals surface area contributed by atoms with Gasteiger partial charge in [-0.3, -0.25) is 9.69 Å². The quantitative estimate of drug-likeness (QED) is 0.846. The Balaban J connectivity index is 1.68. The second-order valence-electron chi connectivity index (χ2n) is 5.88. The number of likely N-dealkylation sites (N-methyl/N-ethyl adjacent to an activating group) is 1. The molecule has 0 unspecified atom stereocenters. The summed E-state index contributed by atoms with van der Waals surface area (Å²) in [6.07, 6.45) is 1.26. The Morgan fingerprint density at radius 1 is 1.55 bits per heavy atom. The van der Waals surface area contributed by atoms with E-state index in [9.17, 15) is 9.90 Å². The first-order valence-corrected chi connectivity index (χ1v) is 8.53. The maximum Gasteiger partial charge on any atom is 0.255 e. The molecule has 1 aromatic carbocycles. The Kier molecular flexibility index (Phi) is 4.70. The highest BCUT2D eigenvalue weighted by Crippen LogP contribution is 2.33. The fourth-order valence-electron chi connectivity index (χ4n) is 3.30. The van der Waals surface area contributed by atoms with E-state index in [1.165, 1.54) is 0 Å². The minimum atomic E-state index is -0.291. The van der Waals surface area contributed by atoms with Crippen molar-refractivity contribution >= 4 is 21.8 Å². The van der Waals surface area contributed by atoms with E-state index in [-0.39, 0.29) is 18.1 Å². The lowest BCUT2D eigenvalue weighted by Gasteiger charge is -2.22. The van der Waals surface area contributed by atoms with Gasteiger partial charge in [-0.25, -0.2) is 0 Å². The van der Waals surface area contributed by atoms with Gasteiger partial charge in [-0.1, -0.05) is 22.9 Å². The molecule has 0 saturated carbocycles. The molecule has 2 heterocycles. The van der Waals surface area contributed by atoms with Crippen LogP contribution in [0.15, 0.2) is 16.6 Å². The molecule has 6 heteroatoms. The van der Waals surface area contributed by atoms with Crippen LogP contribution in [0.4, 0.5) is 0 Å². The van der Waals surface area contributed by atoms with Gasteiger partial charge >= 0.3 is 0 Å². The average molecular weight is 369 g/mol. The number of carbonyl (C=O) groups is 1. The smallest absolute Gasteiger partial charge is 0.255 e. The number of carbonyl (C=O) groups excluding carboxylic acids is 1. The largest absolute Gasteiger partial charge is 0.492 e. The molecular formula is C16H21BrN2O3. The summed E-state index contributed by atoms with van der Waals surface area (Å²) in [5.41, 5.74) is 1.66. The molecule has 2 aliphatic heterocycles. The van der Waals surface area contributed by atoms with Gasteiger partial charge in [0.15, 0.2) is 0 Å². The molecule has 5 nitrogen and oxygen atoms in total. The number of fused-ring (bicyclic) bond motifs is 1. The summed E-state index contributed by atoms with van der Waals surface area (Å²) >= 11 is 3.45. The van der Waals surface area contributed by atoms with Crippen LogP contribution < -0.4 is 10.1 Å². The van der Waals surface area contributed by atoms with Gasteiger partial charge in [-0.15, -0.1) is 0 Å². The predicted molar refractivity (Wildman–Crippen MR) is 87.3 cm³/mol. The number of likely N-dealkylation sites (tertiary alicyclic amines) is 1. The number of halogens is 1. The number of benzene rings is 1. The molecule has 1 saturated heterocycles. The Bertz CT molecular complexity index is 579. The van der Waals surface area contributed by atoms with Crippen molar-refractivity contribution in [2.24, 2.45) is 0 Å². The molecule has 120 valence electrons. The number of nitrogens with zero attached hydrogens (tertiary/aromatic N) is 1. The lowest BCUT2D eigenvalue weighted by molar-refractivity contribution is 0.0938. The van der Waals surface area contributed by atoms with E-state index >= 15 is 0 Å². The summed E-state index contributed by atoms with van der Waals surface area (Å²) in [6, 6.07) is 4.01. The second-order valence-corrected chi connectivity index (χ2v) is 6.80. The summed E-state index contributed by atoms with van der Waals surface area (Å²) in [4.78, 5) is 14.7. The van der Waals surface area contributed by atoms with Gasteiger partial charge in [-0.05, 0) is 30.7 Å². The lowest BCUT2D eigenvalue weighted by Crippen LogP contribution is -2.40. The van der Waals surface area contributed by atoms with Gasteiger partial charge in [-0.2, -0.15) is 0 Å². The van der Waals surface area contributed by atoms with Crippen LogP contribution in [0, 0.1) is 0 Å². The van der Waals surface area contributed by atoms with Crippen LogP contribution in [0.5, 0.6) is 5.75 Å². The Morgan fingerprint density at radius 2 is 2.36 bits per heavy atom. The van der Waals surface area contributed by atoms with Crippen molar-refractivity contribution in [3.8, 4) is 5.75 Å². The predicted octanol–water partition coefficient (Wildman–Crippen LogP) is 1.57. The maximum atomic E-state index is 12.5. The Morgan fingerprint density at radius 3 is 3.14 bits per heavy atom. The molecular weight excluding hydrogens is 348 g/mol. The Hall–Kier alpha value is -1.11. The van der Waals surface area contributed by atoms with E-state index in [4.69, 9.17) is 4.74 Å². The molecule has 1 amide bonds. The van der Waals surface area contributed by atoms with Crippen LogP contribution >= 0.6 is 15.9 Å². The number of rotatable bonds is 4. The molecule has 1 aromatic rings. The highest BCUT2D eigenvalue weighted by atomic mass is 79.9. The zero-order valence-corrected chi connectivity index (χ0v) is 14.2. The number of ether oxygens (including phenoxy) is 1. The van der Waals surface area contributed by atoms with Gasteiger partial charge in [0.1, 0.15) is 5.75 Å². The van der Waals surface area contributed by atoms with E-state index in [1.54, 1.807) is 6.07 Å². The normalized spacial score (nSPS) is 24.1. The van der Waals surface area contributed by atoms with E-state index in [0.717, 1.165) is 23.0 Å². The summed E-state index contributed by atoms with van der Waals surface area (Å²) in [7, 11) is 0. The summed E-state index contributed by atoms with van der Waals surface area (Å²) in [5, 5.41) is 12.8. The molecule has 0 aliphatic carbocycles. The van der Waals surface area contributed by atoms with Gasteiger partial charge in [0.25, 0.3) is 5.91 Å². The molecule has 1 fully saturated rings. The fraction of sp³-hybridized carbons (Fsp3) is 0.562. The number of nitrogens with one attached hydrogen (secondary N) is 1. The van der Waals surface area contributed by atoms with Gasteiger partial charge < -0.3 is 15.2 Å². The lowest BCUT2D eigenvalue weighted by atomic mass is 10.1. The van der Waals surface area contributed by atoms with Gasteiger partial charge in [0, 0.05) is 30.0 Å². The van der Waals surface area contributed by atoms with Crippen molar-refractivity contribution in [2.45, 2.75) is 31.9 Å². The standard InChI is InChI=1S/C16H21BrN2O3/c1-2-19-9-13(20)7-12(19)8-18-16(21)14-6-11(17)5-10-3-4-22-15(10)14/h5-6,12-13,20H,2-4,7-9H2,1H3,(H,18,21)/t12-,13+/m0/s1. The number of β-amino-alcohol motifs (C(OH)–C–C–N with tert-alkyl or cyclic N) is 1. The van der Waals surface area contributed by atoms with Gasteiger partial charge in [0.2, 0.25) is 0 Å². The third-order valence-electron chi connectivity index (χ3n) is 4.40. The minimum absolute atomic E-state index is 0.114. The first-order chi connectivity index (χ1) is 10.6. The highest BCUT2D eigenvalue weighted by molar-refractivity contribution is 9.10. The Labute approximate surface area is 138 Å². The maximum absolute atomic E-state index is 12.5. The molecule has 2 N–H and O–H groups in total. The van der Waals surface area contributed by atoms with E-state index in [2.05, 4.69) is 33.1 Å². The molecule has 0 bridgehead atoms. The van der Waals surface area contributed by atoms with Crippen molar-refractivity contribution in [1.29, 1.82) is 0 Å². The van der Waals surface area contributed by atoms with Crippen molar-refractivity contribution in [3.63, 3.8) is 0 Å². The molecule has 2 aliphatic rings. The van der Waals surface area contributed by atoms with E-state index in [1.807, 2.05) is 6.07 Å². The summed E-state index contributed by atoms with van der Waals surface area (Å²) in [5.74, 6) is 0.594. The third kappa shape index (κ3) is 3.14. The van der Waals surface area contributed by atoms with E-state index < -0.39 is 0 Å². The summed E-state index contributed by atoms with van der Waals surface area (Å²) in [6.45, 7) is 4.82. The minimum Gasteiger partial charge on any atom is -0.492 e. The molecule has 0 radical (unpaired) electrons. The monoisotopic (exact) mass is 368 g/mol. The van der Waals surface area contributed by atoms with Crippen LogP contribution in [0.2, 0.25) is 0 Å². The van der Waals surface area contributed by atoms with Crippen molar-refractivity contribution in [1.82, 2.24) is 10.2 Å². The number of hydrogen-bond donors (Lipinski definition) is 2. The van der Waals surface area contributed by atoms with Crippen LogP contribution in [-0.2, 0) is 6.42 Å². The number of aliphatic hydroxyl groups is 1. The average Bonchev–Trinajstić information content (AvgIpc) is 3.09. The van der Waals surface area contributed by atoms with Crippen molar-refractivity contribution in [2.75, 3.05) is 26.2 Å². The zero-order valence-electron chi connectivity index (χ0n) is 12.6. The highest BCUT2D eigenvalue weighted by Gasteiger charge is 2.30. The zero-order chi connectivity index (χ0) is 15.7. The van der Waals surface area contributed by atoms with E-state index in [0.29, 0.717) is 37.4 Å². The summed E-state index contributed by atoms with van der Waals surface area (Å²) < 4.78 is 6.50. The molecule has 3 rings (SSSR count). The molecule has 2 atom stereocenters. The SMILES string of the molecule is CCN1C[C@H](O)C[C@H]1CNC(=O)c1cc(Br)cc2c1OCC2. The van der Waals surface area contributed by atoms with Crippen molar-refractivity contribution in [3.05, 3.63) is 27.7 Å². The van der Waals surface area contributed by atoms with Crippen LogP contribution in [0.1, 0.15) is 29.3 Å². The third-order valence-corrected chi connectivity index (χ3v) is 4.86. The molecule has 0 aromatic heterocycles. The second kappa shape index (κ2) is 6.56. The van der Waals surface area contributed by atoms with Crippen molar-refractivity contribution < 1.29 is 14.6 Å². The van der Waals surface area contributed by atoms with Crippen LogP contribution in [0.3, 0.4) is 0 Å². The topological polar surface area (TPSA) is 61.8 Å². The number of amides is 1.